The van der Waals surface area contributed by atoms with Crippen LogP contribution in [0.3, 0.4) is 0 Å². The number of carbonyl (C=O) groups is 3. The zero-order valence-electron chi connectivity index (χ0n) is 16.1. The summed E-state index contributed by atoms with van der Waals surface area (Å²) < 4.78 is 5.12. The molecule has 1 N–H and O–H groups in total. The lowest BCUT2D eigenvalue weighted by molar-refractivity contribution is -0.150. The highest BCUT2D eigenvalue weighted by atomic mass is 35.5. The third kappa shape index (κ3) is 4.12. The van der Waals surface area contributed by atoms with Crippen molar-refractivity contribution in [1.82, 2.24) is 4.90 Å². The highest BCUT2D eigenvalue weighted by Gasteiger charge is 2.48. The predicted octanol–water partition coefficient (Wildman–Crippen LogP) is 3.70. The molecule has 2 aromatic carbocycles. The van der Waals surface area contributed by atoms with Crippen LogP contribution in [0.4, 0.5) is 0 Å². The average molecular weight is 416 g/mol. The normalized spacial score (nSPS) is 18.9. The molecule has 0 heterocycles. The van der Waals surface area contributed by atoms with Crippen LogP contribution in [0.1, 0.15) is 41.6 Å². The average Bonchev–Trinajstić information content (AvgIpc) is 2.72. The molecule has 0 aliphatic heterocycles. The van der Waals surface area contributed by atoms with Crippen molar-refractivity contribution in [2.75, 3.05) is 13.7 Å². The van der Waals surface area contributed by atoms with Gasteiger partial charge in [-0.05, 0) is 43.5 Å². The van der Waals surface area contributed by atoms with Gasteiger partial charge in [0.25, 0.3) is 5.91 Å². The fraction of sp³-hybridized carbons (Fsp3) is 0.318. The molecule has 0 saturated heterocycles. The number of carbonyl (C=O) groups excluding carboxylic acids is 3. The highest BCUT2D eigenvalue weighted by molar-refractivity contribution is 6.31. The fourth-order valence-electron chi connectivity index (χ4n) is 3.78. The first kappa shape index (κ1) is 20.9. The van der Waals surface area contributed by atoms with Crippen LogP contribution in [0.15, 0.2) is 48.5 Å². The number of rotatable bonds is 5. The molecule has 2 aromatic rings. The number of ketones is 1. The Morgan fingerprint density at radius 1 is 1.17 bits per heavy atom. The van der Waals surface area contributed by atoms with Crippen molar-refractivity contribution >= 4 is 29.3 Å². The molecule has 1 aliphatic carbocycles. The first-order valence-electron chi connectivity index (χ1n) is 9.37. The van der Waals surface area contributed by atoms with E-state index in [0.29, 0.717) is 23.4 Å². The lowest BCUT2D eigenvalue weighted by Gasteiger charge is -2.43. The quantitative estimate of drug-likeness (QED) is 0.753. The van der Waals surface area contributed by atoms with Crippen LogP contribution >= 0.6 is 11.6 Å². The number of halogens is 1. The van der Waals surface area contributed by atoms with Crippen LogP contribution in [-0.2, 0) is 19.9 Å². The molecule has 0 spiro atoms. The minimum Gasteiger partial charge on any atom is -0.508 e. The summed E-state index contributed by atoms with van der Waals surface area (Å²) in [5.74, 6) is -1.39. The summed E-state index contributed by atoms with van der Waals surface area (Å²) in [4.78, 5) is 39.4. The molecular weight excluding hydrogens is 394 g/mol. The van der Waals surface area contributed by atoms with Gasteiger partial charge in [-0.3, -0.25) is 9.59 Å². The van der Waals surface area contributed by atoms with Crippen molar-refractivity contribution in [1.29, 1.82) is 0 Å². The molecular formula is C22H22ClNO5. The Morgan fingerprint density at radius 3 is 2.62 bits per heavy atom. The zero-order chi connectivity index (χ0) is 21.0. The number of hydrogen-bond donors (Lipinski definition) is 1. The molecule has 0 radical (unpaired) electrons. The summed E-state index contributed by atoms with van der Waals surface area (Å²) in [6.45, 7) is -0.523. The van der Waals surface area contributed by atoms with Crippen LogP contribution in [0, 0.1) is 0 Å². The van der Waals surface area contributed by atoms with Crippen molar-refractivity contribution < 1.29 is 24.2 Å². The number of aromatic hydroxyl groups is 1. The van der Waals surface area contributed by atoms with E-state index in [1.54, 1.807) is 24.3 Å². The summed E-state index contributed by atoms with van der Waals surface area (Å²) in [6.07, 6.45) is 2.35. The van der Waals surface area contributed by atoms with Crippen LogP contribution in [0.25, 0.3) is 0 Å². The van der Waals surface area contributed by atoms with Gasteiger partial charge in [0.15, 0.2) is 12.4 Å². The van der Waals surface area contributed by atoms with Crippen molar-refractivity contribution in [2.45, 2.75) is 31.2 Å². The minimum absolute atomic E-state index is 0.0756. The minimum atomic E-state index is -1.18. The monoisotopic (exact) mass is 415 g/mol. The molecule has 6 nitrogen and oxygen atoms in total. The van der Waals surface area contributed by atoms with Gasteiger partial charge in [-0.1, -0.05) is 35.9 Å². The van der Waals surface area contributed by atoms with E-state index in [1.807, 2.05) is 0 Å². The molecule has 1 amide bonds. The number of Topliss-reactive ketones (excluding diaryl/α,β-unsaturated/α-hetero) is 1. The first-order valence-corrected chi connectivity index (χ1v) is 9.75. The van der Waals surface area contributed by atoms with Gasteiger partial charge in [0.2, 0.25) is 0 Å². The number of phenolic OH excluding ortho intramolecular Hbond substituents is 1. The molecule has 1 fully saturated rings. The Balaban J connectivity index is 1.82. The fourth-order valence-corrected chi connectivity index (χ4v) is 4.07. The lowest BCUT2D eigenvalue weighted by atomic mass is 9.74. The van der Waals surface area contributed by atoms with Gasteiger partial charge in [-0.25, -0.2) is 4.79 Å². The van der Waals surface area contributed by atoms with Crippen molar-refractivity contribution in [3.63, 3.8) is 0 Å². The van der Waals surface area contributed by atoms with Gasteiger partial charge in [0, 0.05) is 24.1 Å². The summed E-state index contributed by atoms with van der Waals surface area (Å²) in [5, 5.41) is 9.90. The molecule has 0 aromatic heterocycles. The third-order valence-electron chi connectivity index (χ3n) is 5.33. The van der Waals surface area contributed by atoms with E-state index in [2.05, 4.69) is 0 Å². The van der Waals surface area contributed by atoms with Crippen LogP contribution in [0.5, 0.6) is 5.75 Å². The second-order valence-corrected chi connectivity index (χ2v) is 7.46. The molecule has 29 heavy (non-hydrogen) atoms. The number of nitrogens with zero attached hydrogens (tertiary/aromatic N) is 1. The van der Waals surface area contributed by atoms with Crippen LogP contribution in [-0.4, -0.2) is 41.3 Å². The van der Waals surface area contributed by atoms with E-state index in [1.165, 1.54) is 36.2 Å². The smallest absolute Gasteiger partial charge is 0.338 e. The van der Waals surface area contributed by atoms with Gasteiger partial charge in [0.05, 0.1) is 5.56 Å². The Hall–Kier alpha value is -2.86. The molecule has 152 valence electrons. The maximum Gasteiger partial charge on any atom is 0.338 e. The Kier molecular flexibility index (Phi) is 6.23. The van der Waals surface area contributed by atoms with Gasteiger partial charge >= 0.3 is 5.97 Å². The maximum absolute atomic E-state index is 13.0. The van der Waals surface area contributed by atoms with Gasteiger partial charge < -0.3 is 14.7 Å². The molecule has 1 aliphatic rings. The Bertz CT molecular complexity index is 944. The van der Waals surface area contributed by atoms with E-state index in [9.17, 15) is 19.5 Å². The molecule has 1 atom stereocenters. The maximum atomic E-state index is 13.0. The number of esters is 1. The highest BCUT2D eigenvalue weighted by Crippen LogP contribution is 2.42. The standard InChI is InChI=1S/C22H22ClNO5/c1-24(20(27)14-29-21(28)15-7-6-8-16(25)13-15)22(12-5-4-11-19(22)26)17-9-2-3-10-18(17)23/h2-3,6-10,13,25H,4-5,11-12,14H2,1H3. The number of benzene rings is 2. The molecule has 7 heteroatoms. The Labute approximate surface area is 174 Å². The van der Waals surface area contributed by atoms with Crippen LogP contribution in [0.2, 0.25) is 5.02 Å². The van der Waals surface area contributed by atoms with Crippen molar-refractivity contribution in [2.24, 2.45) is 0 Å². The van der Waals surface area contributed by atoms with E-state index in [4.69, 9.17) is 16.3 Å². The molecule has 1 unspecified atom stereocenters. The SMILES string of the molecule is CN(C(=O)COC(=O)c1cccc(O)c1)C1(c2ccccc2Cl)CCCCC1=O. The third-order valence-corrected chi connectivity index (χ3v) is 5.66. The number of phenols is 1. The largest absolute Gasteiger partial charge is 0.508 e. The van der Waals surface area contributed by atoms with E-state index < -0.39 is 24.0 Å². The van der Waals surface area contributed by atoms with E-state index >= 15 is 0 Å². The Morgan fingerprint density at radius 2 is 1.93 bits per heavy atom. The summed E-state index contributed by atoms with van der Waals surface area (Å²) in [6, 6.07) is 12.7. The van der Waals surface area contributed by atoms with E-state index in [0.717, 1.165) is 12.8 Å². The predicted molar refractivity (Wildman–Crippen MR) is 108 cm³/mol. The van der Waals surface area contributed by atoms with Gasteiger partial charge in [-0.2, -0.15) is 0 Å². The summed E-state index contributed by atoms with van der Waals surface area (Å²) in [5.41, 5.74) is -0.456. The lowest BCUT2D eigenvalue weighted by Crippen LogP contribution is -2.55. The summed E-state index contributed by atoms with van der Waals surface area (Å²) >= 11 is 6.38. The zero-order valence-corrected chi connectivity index (χ0v) is 16.8. The van der Waals surface area contributed by atoms with Crippen molar-refractivity contribution in [3.05, 3.63) is 64.7 Å². The molecule has 1 saturated carbocycles. The number of ether oxygens (including phenoxy) is 1. The topological polar surface area (TPSA) is 83.9 Å². The molecule has 3 rings (SSSR count). The number of hydrogen-bond acceptors (Lipinski definition) is 5. The first-order chi connectivity index (χ1) is 13.9. The molecule has 0 bridgehead atoms. The second kappa shape index (κ2) is 8.66. The van der Waals surface area contributed by atoms with Gasteiger partial charge in [0.1, 0.15) is 11.3 Å². The van der Waals surface area contributed by atoms with Gasteiger partial charge in [-0.15, -0.1) is 0 Å². The van der Waals surface area contributed by atoms with E-state index in [-0.39, 0.29) is 17.1 Å². The number of amides is 1. The second-order valence-electron chi connectivity index (χ2n) is 7.05. The summed E-state index contributed by atoms with van der Waals surface area (Å²) in [7, 11) is 1.54. The van der Waals surface area contributed by atoms with Crippen LogP contribution < -0.4 is 0 Å². The van der Waals surface area contributed by atoms with Crippen molar-refractivity contribution in [3.8, 4) is 5.75 Å². The number of likely N-dealkylation sites (N-methyl/N-ethyl adjacent to an activating group) is 1.